The molecule has 2 bridgehead atoms. The smallest absolute Gasteiger partial charge is 0.0460 e. The first-order valence-corrected chi connectivity index (χ1v) is 7.29. The Kier molecular flexibility index (Phi) is 2.18. The molecular weight excluding hydrogens is 248 g/mol. The van der Waals surface area contributed by atoms with Gasteiger partial charge in [-0.15, -0.1) is 0 Å². The maximum absolute atomic E-state index is 11.1. The Balaban J connectivity index is 1.97. The number of aromatic nitrogens is 1. The Hall–Kier alpha value is -1.17. The molecule has 4 nitrogen and oxygen atoms in total. The van der Waals surface area contributed by atoms with Crippen LogP contribution in [-0.2, 0) is 17.5 Å². The molecule has 2 aliphatic heterocycles. The van der Waals surface area contributed by atoms with Crippen molar-refractivity contribution in [3.63, 3.8) is 0 Å². The van der Waals surface area contributed by atoms with Crippen LogP contribution in [0.3, 0.4) is 0 Å². The molecule has 18 heavy (non-hydrogen) atoms. The van der Waals surface area contributed by atoms with Crippen molar-refractivity contribution in [3.8, 4) is 0 Å². The van der Waals surface area contributed by atoms with Gasteiger partial charge in [-0.1, -0.05) is 0 Å². The van der Waals surface area contributed by atoms with Gasteiger partial charge in [-0.2, -0.15) is 0 Å². The van der Waals surface area contributed by atoms with Crippen molar-refractivity contribution < 1.29 is 8.76 Å². The second-order valence-corrected chi connectivity index (χ2v) is 6.10. The van der Waals surface area contributed by atoms with Gasteiger partial charge in [0, 0.05) is 40.0 Å². The van der Waals surface area contributed by atoms with Crippen molar-refractivity contribution in [1.82, 2.24) is 10.3 Å². The van der Waals surface area contributed by atoms with E-state index in [0.29, 0.717) is 17.0 Å². The second kappa shape index (κ2) is 3.66. The van der Waals surface area contributed by atoms with Crippen LogP contribution in [0.4, 0.5) is 0 Å². The minimum atomic E-state index is -2.16. The number of nitrogens with one attached hydrogen (secondary N) is 2. The van der Waals surface area contributed by atoms with E-state index in [-0.39, 0.29) is 0 Å². The monoisotopic (exact) mass is 261 g/mol. The first-order valence-electron chi connectivity index (χ1n) is 6.22. The van der Waals surface area contributed by atoms with Crippen LogP contribution in [0, 0.1) is 0 Å². The van der Waals surface area contributed by atoms with Crippen molar-refractivity contribution in [2.24, 2.45) is 0 Å². The van der Waals surface area contributed by atoms with Crippen molar-refractivity contribution in [1.29, 1.82) is 0 Å². The predicted molar refractivity (Wildman–Crippen MR) is 68.1 cm³/mol. The molecule has 0 radical (unpaired) electrons. The van der Waals surface area contributed by atoms with Crippen LogP contribution in [0.15, 0.2) is 23.1 Å². The van der Waals surface area contributed by atoms with Gasteiger partial charge in [0.05, 0.1) is 0 Å². The Morgan fingerprint density at radius 1 is 1.33 bits per heavy atom. The summed E-state index contributed by atoms with van der Waals surface area (Å²) in [5.41, 5.74) is 3.61. The lowest BCUT2D eigenvalue weighted by atomic mass is 9.99. The fourth-order valence-corrected chi connectivity index (χ4v) is 3.76. The number of hydrogen-bond acceptors (Lipinski definition) is 3. The highest BCUT2D eigenvalue weighted by atomic mass is 32.2. The van der Waals surface area contributed by atoms with E-state index in [4.69, 9.17) is 0 Å². The van der Waals surface area contributed by atoms with Gasteiger partial charge in [0.15, 0.2) is 0 Å². The third kappa shape index (κ3) is 1.41. The molecule has 1 aromatic heterocycles. The Labute approximate surface area is 107 Å². The van der Waals surface area contributed by atoms with E-state index in [1.807, 2.05) is 6.07 Å². The first-order chi connectivity index (χ1) is 8.72. The van der Waals surface area contributed by atoms with E-state index in [9.17, 15) is 8.76 Å². The minimum absolute atomic E-state index is 0.365. The third-order valence-electron chi connectivity index (χ3n) is 4.12. The zero-order valence-corrected chi connectivity index (χ0v) is 10.5. The quantitative estimate of drug-likeness (QED) is 0.769. The molecule has 2 aliphatic rings. The van der Waals surface area contributed by atoms with Crippen LogP contribution < -0.4 is 5.32 Å². The summed E-state index contributed by atoms with van der Waals surface area (Å²) in [5.74, 6) is 0. The minimum Gasteiger partial charge on any atom is -0.768 e. The lowest BCUT2D eigenvalue weighted by Gasteiger charge is -2.21. The van der Waals surface area contributed by atoms with E-state index in [2.05, 4.69) is 10.3 Å². The normalized spacial score (nSPS) is 27.4. The molecule has 1 aromatic carbocycles. The fraction of sp³-hybridized carbons (Fsp3) is 0.385. The Bertz CT molecular complexity index is 664. The molecule has 2 N–H and O–H groups in total. The molecule has 3 heterocycles. The van der Waals surface area contributed by atoms with Crippen molar-refractivity contribution >= 4 is 22.0 Å². The number of fused-ring (bicyclic) bond motifs is 6. The summed E-state index contributed by atoms with van der Waals surface area (Å²) in [5, 5.41) is 4.66. The highest BCUT2D eigenvalue weighted by Crippen LogP contribution is 2.40. The van der Waals surface area contributed by atoms with Crippen LogP contribution in [0.2, 0.25) is 0 Å². The number of benzene rings is 1. The highest BCUT2D eigenvalue weighted by molar-refractivity contribution is 7.79. The molecule has 0 aliphatic carbocycles. The summed E-state index contributed by atoms with van der Waals surface area (Å²) in [6.45, 7) is 0. The van der Waals surface area contributed by atoms with Crippen LogP contribution in [-0.4, -0.2) is 19.8 Å². The average molecular weight is 261 g/mol. The largest absolute Gasteiger partial charge is 0.768 e. The maximum Gasteiger partial charge on any atom is 0.0460 e. The number of aromatic amines is 1. The van der Waals surface area contributed by atoms with Gasteiger partial charge in [-0.3, -0.25) is 4.21 Å². The van der Waals surface area contributed by atoms with E-state index in [0.717, 1.165) is 23.7 Å². The predicted octanol–water partition coefficient (Wildman–Crippen LogP) is 1.76. The lowest BCUT2D eigenvalue weighted by Crippen LogP contribution is -2.31. The summed E-state index contributed by atoms with van der Waals surface area (Å²) in [7, 11) is 0. The molecule has 1 saturated heterocycles. The molecule has 2 aromatic rings. The molecule has 4 rings (SSSR count). The molecular formula is C13H13N2O2S-. The van der Waals surface area contributed by atoms with Gasteiger partial charge < -0.3 is 14.9 Å². The Morgan fingerprint density at radius 3 is 3.06 bits per heavy atom. The van der Waals surface area contributed by atoms with Gasteiger partial charge in [-0.25, -0.2) is 0 Å². The van der Waals surface area contributed by atoms with Crippen LogP contribution in [0.1, 0.15) is 30.1 Å². The van der Waals surface area contributed by atoms with Gasteiger partial charge >= 0.3 is 0 Å². The summed E-state index contributed by atoms with van der Waals surface area (Å²) < 4.78 is 22.1. The van der Waals surface area contributed by atoms with Crippen LogP contribution in [0.25, 0.3) is 10.9 Å². The summed E-state index contributed by atoms with van der Waals surface area (Å²) in [6, 6.07) is 6.28. The molecule has 0 spiro atoms. The van der Waals surface area contributed by atoms with E-state index >= 15 is 0 Å². The second-order valence-electron chi connectivity index (χ2n) is 5.16. The maximum atomic E-state index is 11.1. The number of H-pyrrole nitrogens is 1. The zero-order valence-electron chi connectivity index (χ0n) is 9.73. The molecule has 5 heteroatoms. The van der Waals surface area contributed by atoms with Crippen molar-refractivity contribution in [2.75, 3.05) is 0 Å². The van der Waals surface area contributed by atoms with Gasteiger partial charge in [0.2, 0.25) is 0 Å². The molecule has 3 unspecified atom stereocenters. The SMILES string of the molecule is O=S([O-])c1ccc2[nH]c3c(c2c1)C1CCC(C3)N1. The standard InChI is InChI=1S/C13H14N2O2S/c16-18(17)8-2-4-10-9(6-8)13-11-3-1-7(14-11)5-12(13)15-10/h2,4,6-7,11,14-15H,1,3,5H2,(H,16,17)/p-1. The lowest BCUT2D eigenvalue weighted by molar-refractivity contribution is 0.513. The van der Waals surface area contributed by atoms with E-state index in [1.165, 1.54) is 17.7 Å². The van der Waals surface area contributed by atoms with E-state index in [1.54, 1.807) is 12.1 Å². The highest BCUT2D eigenvalue weighted by Gasteiger charge is 2.34. The van der Waals surface area contributed by atoms with Crippen molar-refractivity contribution in [3.05, 3.63) is 29.5 Å². The topological polar surface area (TPSA) is 67.9 Å². The summed E-state index contributed by atoms with van der Waals surface area (Å²) in [4.78, 5) is 3.81. The molecule has 0 saturated carbocycles. The molecule has 3 atom stereocenters. The van der Waals surface area contributed by atoms with E-state index < -0.39 is 11.1 Å². The van der Waals surface area contributed by atoms with Gasteiger partial charge in [-0.05, 0) is 47.7 Å². The third-order valence-corrected chi connectivity index (χ3v) is 4.76. The molecule has 1 fully saturated rings. The zero-order chi connectivity index (χ0) is 12.3. The van der Waals surface area contributed by atoms with Gasteiger partial charge in [0.1, 0.15) is 0 Å². The van der Waals surface area contributed by atoms with Crippen LogP contribution >= 0.6 is 0 Å². The number of hydrogen-bond donors (Lipinski definition) is 2. The fourth-order valence-electron chi connectivity index (χ4n) is 3.36. The molecule has 94 valence electrons. The van der Waals surface area contributed by atoms with Crippen molar-refractivity contribution in [2.45, 2.75) is 36.2 Å². The Morgan fingerprint density at radius 2 is 2.22 bits per heavy atom. The summed E-state index contributed by atoms with van der Waals surface area (Å²) >= 11 is -2.16. The van der Waals surface area contributed by atoms with Crippen LogP contribution in [0.5, 0.6) is 0 Å². The van der Waals surface area contributed by atoms with Gasteiger partial charge in [0.25, 0.3) is 0 Å². The molecule has 0 amide bonds. The number of rotatable bonds is 1. The first kappa shape index (κ1) is 10.7. The average Bonchev–Trinajstić information content (AvgIpc) is 2.90. The summed E-state index contributed by atoms with van der Waals surface area (Å²) in [6.07, 6.45) is 3.38.